The third-order valence-corrected chi connectivity index (χ3v) is 3.62. The number of benzene rings is 1. The van der Waals surface area contributed by atoms with E-state index in [1.807, 2.05) is 0 Å². The van der Waals surface area contributed by atoms with Gasteiger partial charge in [-0.05, 0) is 19.1 Å². The maximum Gasteiger partial charge on any atom is 0.337 e. The predicted molar refractivity (Wildman–Crippen MR) is 79.2 cm³/mol. The van der Waals surface area contributed by atoms with Crippen LogP contribution in [0.2, 0.25) is 5.02 Å². The molecule has 1 aliphatic rings. The van der Waals surface area contributed by atoms with Gasteiger partial charge < -0.3 is 14.8 Å². The summed E-state index contributed by atoms with van der Waals surface area (Å²) in [5.74, 6) is -0.160. The number of esters is 1. The van der Waals surface area contributed by atoms with E-state index in [0.29, 0.717) is 29.3 Å². The van der Waals surface area contributed by atoms with E-state index in [-0.39, 0.29) is 12.0 Å². The molecule has 0 aliphatic carbocycles. The van der Waals surface area contributed by atoms with Gasteiger partial charge in [0.2, 0.25) is 5.91 Å². The molecule has 0 radical (unpaired) electrons. The van der Waals surface area contributed by atoms with Gasteiger partial charge in [0.25, 0.3) is 0 Å². The second-order valence-corrected chi connectivity index (χ2v) is 5.80. The van der Waals surface area contributed by atoms with Crippen molar-refractivity contribution in [3.05, 3.63) is 28.3 Å². The van der Waals surface area contributed by atoms with Crippen molar-refractivity contribution in [2.45, 2.75) is 24.8 Å². The maximum absolute atomic E-state index is 11.5. The van der Waals surface area contributed by atoms with Crippen molar-refractivity contribution in [2.75, 3.05) is 13.7 Å². The Labute approximate surface area is 132 Å². The average molecular weight is 332 g/mol. The van der Waals surface area contributed by atoms with E-state index in [4.69, 9.17) is 27.9 Å². The van der Waals surface area contributed by atoms with E-state index in [1.165, 1.54) is 13.2 Å². The third kappa shape index (κ3) is 3.60. The molecule has 1 aromatic carbocycles. The summed E-state index contributed by atoms with van der Waals surface area (Å²) in [5.41, 5.74) is 1.20. The molecule has 2 rings (SSSR count). The summed E-state index contributed by atoms with van der Waals surface area (Å²) in [7, 11) is 1.31. The zero-order chi connectivity index (χ0) is 15.6. The maximum atomic E-state index is 11.5. The number of hydrogen-bond acceptors (Lipinski definition) is 4. The SMILES string of the molecule is COC(=O)c1cc(Cl)c2c(c1)C[C@H](CNC(=O)[C@@H](C)Cl)O2. The molecule has 0 aromatic heterocycles. The second kappa shape index (κ2) is 6.54. The molecule has 0 bridgehead atoms. The number of methoxy groups -OCH3 is 1. The fourth-order valence-electron chi connectivity index (χ4n) is 2.09. The number of carbonyl (C=O) groups is 2. The van der Waals surface area contributed by atoms with Gasteiger partial charge in [-0.15, -0.1) is 11.6 Å². The number of fused-ring (bicyclic) bond motifs is 1. The first kappa shape index (κ1) is 15.9. The van der Waals surface area contributed by atoms with Crippen molar-refractivity contribution in [3.8, 4) is 5.75 Å². The average Bonchev–Trinajstić information content (AvgIpc) is 2.87. The topological polar surface area (TPSA) is 64.6 Å². The molecule has 1 aromatic rings. The smallest absolute Gasteiger partial charge is 0.337 e. The second-order valence-electron chi connectivity index (χ2n) is 4.74. The Bertz CT molecular complexity index is 574. The van der Waals surface area contributed by atoms with Gasteiger partial charge in [-0.3, -0.25) is 4.79 Å². The largest absolute Gasteiger partial charge is 0.486 e. The summed E-state index contributed by atoms with van der Waals surface area (Å²) in [6, 6.07) is 3.20. The van der Waals surface area contributed by atoms with Crippen LogP contribution in [0.25, 0.3) is 0 Å². The predicted octanol–water partition coefficient (Wildman–Crippen LogP) is 2.17. The Morgan fingerprint density at radius 1 is 1.52 bits per heavy atom. The fraction of sp³-hybridized carbons (Fsp3) is 0.429. The van der Waals surface area contributed by atoms with Crippen molar-refractivity contribution in [3.63, 3.8) is 0 Å². The van der Waals surface area contributed by atoms with Crippen LogP contribution in [0.3, 0.4) is 0 Å². The zero-order valence-corrected chi connectivity index (χ0v) is 13.1. The van der Waals surface area contributed by atoms with Gasteiger partial charge in [-0.1, -0.05) is 11.6 Å². The number of nitrogens with one attached hydrogen (secondary N) is 1. The van der Waals surface area contributed by atoms with Crippen LogP contribution in [0, 0.1) is 0 Å². The Morgan fingerprint density at radius 3 is 2.86 bits per heavy atom. The monoisotopic (exact) mass is 331 g/mol. The van der Waals surface area contributed by atoms with Gasteiger partial charge in [0.05, 0.1) is 24.2 Å². The lowest BCUT2D eigenvalue weighted by atomic mass is 10.1. The van der Waals surface area contributed by atoms with Crippen molar-refractivity contribution in [1.82, 2.24) is 5.32 Å². The molecule has 7 heteroatoms. The molecule has 5 nitrogen and oxygen atoms in total. The van der Waals surface area contributed by atoms with Crippen LogP contribution in [0.15, 0.2) is 12.1 Å². The molecular formula is C14H15Cl2NO4. The van der Waals surface area contributed by atoms with Gasteiger partial charge in [-0.25, -0.2) is 4.79 Å². The summed E-state index contributed by atoms with van der Waals surface area (Å²) in [5, 5.41) is 2.46. The van der Waals surface area contributed by atoms with Crippen LogP contribution in [0.1, 0.15) is 22.8 Å². The molecule has 0 spiro atoms. The summed E-state index contributed by atoms with van der Waals surface area (Å²) < 4.78 is 10.4. The number of ether oxygens (including phenoxy) is 2. The number of carbonyl (C=O) groups excluding carboxylic acids is 2. The lowest BCUT2D eigenvalue weighted by Crippen LogP contribution is -2.37. The van der Waals surface area contributed by atoms with Crippen LogP contribution < -0.4 is 10.1 Å². The van der Waals surface area contributed by atoms with Gasteiger partial charge in [0.15, 0.2) is 0 Å². The Hall–Kier alpha value is -1.46. The van der Waals surface area contributed by atoms with Crippen LogP contribution in [0.5, 0.6) is 5.75 Å². The number of halogens is 2. The van der Waals surface area contributed by atoms with E-state index in [2.05, 4.69) is 10.1 Å². The van der Waals surface area contributed by atoms with E-state index in [9.17, 15) is 9.59 Å². The molecule has 1 N–H and O–H groups in total. The fourth-order valence-corrected chi connectivity index (χ4v) is 2.45. The minimum Gasteiger partial charge on any atom is -0.486 e. The highest BCUT2D eigenvalue weighted by Crippen LogP contribution is 2.37. The molecule has 114 valence electrons. The molecule has 0 unspecified atom stereocenters. The van der Waals surface area contributed by atoms with Crippen molar-refractivity contribution < 1.29 is 19.1 Å². The van der Waals surface area contributed by atoms with E-state index >= 15 is 0 Å². The molecule has 21 heavy (non-hydrogen) atoms. The van der Waals surface area contributed by atoms with Crippen molar-refractivity contribution in [1.29, 1.82) is 0 Å². The molecular weight excluding hydrogens is 317 g/mol. The van der Waals surface area contributed by atoms with E-state index in [1.54, 1.807) is 13.0 Å². The molecule has 0 saturated heterocycles. The summed E-state index contributed by atoms with van der Waals surface area (Å²) in [6.07, 6.45) is 0.321. The number of hydrogen-bond donors (Lipinski definition) is 1. The molecule has 0 saturated carbocycles. The van der Waals surface area contributed by atoms with Gasteiger partial charge in [-0.2, -0.15) is 0 Å². The first-order valence-corrected chi connectivity index (χ1v) is 7.23. The number of rotatable bonds is 4. The molecule has 1 amide bonds. The first-order valence-electron chi connectivity index (χ1n) is 6.41. The van der Waals surface area contributed by atoms with Crippen LogP contribution in [0.4, 0.5) is 0 Å². The first-order chi connectivity index (χ1) is 9.92. The Balaban J connectivity index is 2.07. The highest BCUT2D eigenvalue weighted by molar-refractivity contribution is 6.32. The van der Waals surface area contributed by atoms with Gasteiger partial charge in [0, 0.05) is 12.0 Å². The minimum absolute atomic E-state index is 0.232. The highest BCUT2D eigenvalue weighted by atomic mass is 35.5. The van der Waals surface area contributed by atoms with Crippen molar-refractivity contribution in [2.24, 2.45) is 0 Å². The van der Waals surface area contributed by atoms with Gasteiger partial charge in [0.1, 0.15) is 17.2 Å². The normalized spacial score (nSPS) is 17.6. The summed E-state index contributed by atoms with van der Waals surface area (Å²) in [6.45, 7) is 1.93. The lowest BCUT2D eigenvalue weighted by molar-refractivity contribution is -0.120. The highest BCUT2D eigenvalue weighted by Gasteiger charge is 2.27. The summed E-state index contributed by atoms with van der Waals surface area (Å²) >= 11 is 11.8. The summed E-state index contributed by atoms with van der Waals surface area (Å²) in [4.78, 5) is 23.0. The minimum atomic E-state index is -0.594. The molecule has 2 atom stereocenters. The third-order valence-electron chi connectivity index (χ3n) is 3.14. The quantitative estimate of drug-likeness (QED) is 0.678. The molecule has 1 aliphatic heterocycles. The van der Waals surface area contributed by atoms with Crippen molar-refractivity contribution >= 4 is 35.1 Å². The Kier molecular flexibility index (Phi) is 4.96. The number of alkyl halides is 1. The molecule has 0 fully saturated rings. The number of amides is 1. The Morgan fingerprint density at radius 2 is 2.24 bits per heavy atom. The van der Waals surface area contributed by atoms with E-state index < -0.39 is 11.3 Å². The van der Waals surface area contributed by atoms with Crippen LogP contribution in [-0.4, -0.2) is 37.0 Å². The van der Waals surface area contributed by atoms with Crippen LogP contribution in [-0.2, 0) is 16.0 Å². The lowest BCUT2D eigenvalue weighted by Gasteiger charge is -2.13. The van der Waals surface area contributed by atoms with Crippen LogP contribution >= 0.6 is 23.2 Å². The van der Waals surface area contributed by atoms with E-state index in [0.717, 1.165) is 5.56 Å². The standard InChI is InChI=1S/C14H15Cl2NO4/c1-7(15)13(18)17-6-10-4-8-3-9(14(19)20-2)5-11(16)12(8)21-10/h3,5,7,10H,4,6H2,1-2H3,(H,17,18)/t7-,10-/m1/s1. The van der Waals surface area contributed by atoms with Gasteiger partial charge >= 0.3 is 5.97 Å². The zero-order valence-electron chi connectivity index (χ0n) is 11.6. The molecule has 1 heterocycles.